The Morgan fingerprint density at radius 1 is 1.27 bits per heavy atom. The normalized spacial score (nSPS) is 17.0. The zero-order valence-electron chi connectivity index (χ0n) is 13.2. The quantitative estimate of drug-likeness (QED) is 0.813. The Hall–Kier alpha value is -1.59. The molecule has 5 nitrogen and oxygen atoms in total. The maximum Gasteiger partial charge on any atom is 0.314 e. The molecule has 122 valence electrons. The zero-order valence-corrected chi connectivity index (χ0v) is 13.2. The van der Waals surface area contributed by atoms with Crippen molar-refractivity contribution in [2.24, 2.45) is 5.92 Å². The van der Waals surface area contributed by atoms with E-state index in [9.17, 15) is 4.79 Å². The van der Waals surface area contributed by atoms with E-state index in [-0.39, 0.29) is 12.1 Å². The zero-order chi connectivity index (χ0) is 15.6. The molecule has 1 heterocycles. The minimum atomic E-state index is -0.132. The van der Waals surface area contributed by atoms with Crippen molar-refractivity contribution in [2.75, 3.05) is 32.9 Å². The molecule has 2 rings (SSSR count). The Bertz CT molecular complexity index is 433. The minimum Gasteiger partial charge on any atom is -0.381 e. The van der Waals surface area contributed by atoms with Gasteiger partial charge in [0.15, 0.2) is 0 Å². The van der Waals surface area contributed by atoms with Crippen molar-refractivity contribution >= 4 is 6.03 Å². The molecule has 0 saturated carbocycles. The molecule has 0 unspecified atom stereocenters. The van der Waals surface area contributed by atoms with E-state index < -0.39 is 0 Å². The van der Waals surface area contributed by atoms with E-state index in [0.29, 0.717) is 25.6 Å². The van der Waals surface area contributed by atoms with Crippen LogP contribution < -0.4 is 10.6 Å². The van der Waals surface area contributed by atoms with Crippen LogP contribution in [0.25, 0.3) is 0 Å². The molecule has 0 radical (unpaired) electrons. The molecular formula is C17H26N2O3. The standard InChI is InChI=1S/C17H26N2O3/c1-2-22-16(15-6-4-3-5-7-15)13-19-17(20)18-12-14-8-10-21-11-9-14/h3-7,14,16H,2,8-13H2,1H3,(H2,18,19,20)/t16-/m1/s1. The minimum absolute atomic E-state index is 0.111. The molecule has 0 spiro atoms. The second-order valence-corrected chi connectivity index (χ2v) is 5.50. The van der Waals surface area contributed by atoms with E-state index in [4.69, 9.17) is 9.47 Å². The molecular weight excluding hydrogens is 280 g/mol. The van der Waals surface area contributed by atoms with Crippen molar-refractivity contribution in [3.05, 3.63) is 35.9 Å². The Balaban J connectivity index is 1.73. The summed E-state index contributed by atoms with van der Waals surface area (Å²) in [6.07, 6.45) is 1.93. The first kappa shape index (κ1) is 16.8. The summed E-state index contributed by atoms with van der Waals surface area (Å²) in [7, 11) is 0. The summed E-state index contributed by atoms with van der Waals surface area (Å²) in [4.78, 5) is 11.9. The van der Waals surface area contributed by atoms with Crippen LogP contribution >= 0.6 is 0 Å². The first-order valence-electron chi connectivity index (χ1n) is 8.05. The smallest absolute Gasteiger partial charge is 0.314 e. The van der Waals surface area contributed by atoms with Gasteiger partial charge < -0.3 is 20.1 Å². The van der Waals surface area contributed by atoms with Crippen molar-refractivity contribution in [2.45, 2.75) is 25.9 Å². The number of hydrogen-bond acceptors (Lipinski definition) is 3. The lowest BCUT2D eigenvalue weighted by Gasteiger charge is -2.23. The van der Waals surface area contributed by atoms with Gasteiger partial charge in [-0.1, -0.05) is 30.3 Å². The van der Waals surface area contributed by atoms with Gasteiger partial charge in [-0.3, -0.25) is 0 Å². The fourth-order valence-corrected chi connectivity index (χ4v) is 2.58. The van der Waals surface area contributed by atoms with Gasteiger partial charge in [-0.2, -0.15) is 0 Å². The topological polar surface area (TPSA) is 59.6 Å². The lowest BCUT2D eigenvalue weighted by atomic mass is 10.0. The van der Waals surface area contributed by atoms with Crippen molar-refractivity contribution < 1.29 is 14.3 Å². The van der Waals surface area contributed by atoms with Gasteiger partial charge in [-0.05, 0) is 31.2 Å². The Kier molecular flexibility index (Phi) is 7.19. The largest absolute Gasteiger partial charge is 0.381 e. The molecule has 1 aliphatic heterocycles. The highest BCUT2D eigenvalue weighted by Gasteiger charge is 2.16. The van der Waals surface area contributed by atoms with Gasteiger partial charge >= 0.3 is 6.03 Å². The van der Waals surface area contributed by atoms with Crippen molar-refractivity contribution in [3.8, 4) is 0 Å². The van der Waals surface area contributed by atoms with E-state index in [0.717, 1.165) is 31.6 Å². The van der Waals surface area contributed by atoms with Crippen LogP contribution in [-0.2, 0) is 9.47 Å². The summed E-state index contributed by atoms with van der Waals surface area (Å²) in [6, 6.07) is 9.83. The maximum atomic E-state index is 11.9. The molecule has 2 N–H and O–H groups in total. The van der Waals surface area contributed by atoms with Crippen LogP contribution in [0.5, 0.6) is 0 Å². The number of urea groups is 1. The molecule has 1 fully saturated rings. The molecule has 1 aromatic carbocycles. The van der Waals surface area contributed by atoms with E-state index in [1.807, 2.05) is 37.3 Å². The fraction of sp³-hybridized carbons (Fsp3) is 0.588. The molecule has 0 aromatic heterocycles. The van der Waals surface area contributed by atoms with Gasteiger partial charge in [0.05, 0.1) is 6.10 Å². The summed E-state index contributed by atoms with van der Waals surface area (Å²) in [5.41, 5.74) is 1.08. The van der Waals surface area contributed by atoms with Crippen LogP contribution in [-0.4, -0.2) is 38.9 Å². The number of carbonyl (C=O) groups excluding carboxylic acids is 1. The third kappa shape index (κ3) is 5.66. The SMILES string of the molecule is CCO[C@H](CNC(=O)NCC1CCOCC1)c1ccccc1. The second kappa shape index (κ2) is 9.43. The first-order chi connectivity index (χ1) is 10.8. The number of amides is 2. The number of benzene rings is 1. The number of hydrogen-bond donors (Lipinski definition) is 2. The van der Waals surface area contributed by atoms with E-state index in [1.165, 1.54) is 0 Å². The van der Waals surface area contributed by atoms with Crippen molar-refractivity contribution in [3.63, 3.8) is 0 Å². The van der Waals surface area contributed by atoms with Crippen LogP contribution in [0.15, 0.2) is 30.3 Å². The summed E-state index contributed by atoms with van der Waals surface area (Å²) in [6.45, 7) is 5.35. The monoisotopic (exact) mass is 306 g/mol. The summed E-state index contributed by atoms with van der Waals surface area (Å²) in [5.74, 6) is 0.524. The van der Waals surface area contributed by atoms with Crippen LogP contribution in [0.1, 0.15) is 31.4 Å². The van der Waals surface area contributed by atoms with E-state index in [1.54, 1.807) is 0 Å². The average molecular weight is 306 g/mol. The maximum absolute atomic E-state index is 11.9. The molecule has 1 saturated heterocycles. The summed E-state index contributed by atoms with van der Waals surface area (Å²) >= 11 is 0. The van der Waals surface area contributed by atoms with Crippen LogP contribution in [0.3, 0.4) is 0 Å². The molecule has 1 aromatic rings. The lowest BCUT2D eigenvalue weighted by molar-refractivity contribution is 0.0626. The molecule has 1 atom stereocenters. The molecule has 0 aliphatic carbocycles. The first-order valence-corrected chi connectivity index (χ1v) is 8.05. The predicted molar refractivity (Wildman–Crippen MR) is 85.8 cm³/mol. The third-order valence-electron chi connectivity index (χ3n) is 3.88. The highest BCUT2D eigenvalue weighted by atomic mass is 16.5. The molecule has 0 bridgehead atoms. The molecule has 1 aliphatic rings. The van der Waals surface area contributed by atoms with Gasteiger partial charge in [0.1, 0.15) is 0 Å². The van der Waals surface area contributed by atoms with Crippen molar-refractivity contribution in [1.29, 1.82) is 0 Å². The molecule has 22 heavy (non-hydrogen) atoms. The van der Waals surface area contributed by atoms with Gasteiger partial charge in [0.2, 0.25) is 0 Å². The number of rotatable bonds is 7. The molecule has 2 amide bonds. The fourth-order valence-electron chi connectivity index (χ4n) is 2.58. The van der Waals surface area contributed by atoms with Crippen LogP contribution in [0, 0.1) is 5.92 Å². The van der Waals surface area contributed by atoms with Gasteiger partial charge in [-0.15, -0.1) is 0 Å². The summed E-state index contributed by atoms with van der Waals surface area (Å²) < 4.78 is 11.0. The van der Waals surface area contributed by atoms with Crippen molar-refractivity contribution in [1.82, 2.24) is 10.6 Å². The van der Waals surface area contributed by atoms with Gasteiger partial charge in [-0.25, -0.2) is 4.79 Å². The van der Waals surface area contributed by atoms with E-state index in [2.05, 4.69) is 10.6 Å². The average Bonchev–Trinajstić information content (AvgIpc) is 2.58. The Morgan fingerprint density at radius 3 is 2.68 bits per heavy atom. The van der Waals surface area contributed by atoms with Crippen LogP contribution in [0.2, 0.25) is 0 Å². The number of carbonyl (C=O) groups is 1. The van der Waals surface area contributed by atoms with Gasteiger partial charge in [0.25, 0.3) is 0 Å². The summed E-state index contributed by atoms with van der Waals surface area (Å²) in [5, 5.41) is 5.84. The predicted octanol–water partition coefficient (Wildman–Crippen LogP) is 2.49. The van der Waals surface area contributed by atoms with Gasteiger partial charge in [0, 0.05) is 32.9 Å². The third-order valence-corrected chi connectivity index (χ3v) is 3.88. The highest BCUT2D eigenvalue weighted by molar-refractivity contribution is 5.73. The lowest BCUT2D eigenvalue weighted by Crippen LogP contribution is -2.41. The Morgan fingerprint density at radius 2 is 2.00 bits per heavy atom. The Labute approximate surface area is 132 Å². The second-order valence-electron chi connectivity index (χ2n) is 5.50. The number of ether oxygens (including phenoxy) is 2. The molecule has 5 heteroatoms. The van der Waals surface area contributed by atoms with Crippen LogP contribution in [0.4, 0.5) is 4.79 Å². The number of nitrogens with one attached hydrogen (secondary N) is 2. The highest BCUT2D eigenvalue weighted by Crippen LogP contribution is 2.16. The van der Waals surface area contributed by atoms with E-state index >= 15 is 0 Å².